The molecule has 2 aromatic rings. The maximum atomic E-state index is 5.93. The topological polar surface area (TPSA) is 37.8 Å². The van der Waals surface area contributed by atoms with Crippen molar-refractivity contribution in [2.24, 2.45) is 0 Å². The second-order valence-corrected chi connectivity index (χ2v) is 5.52. The number of halogens is 1. The summed E-state index contributed by atoms with van der Waals surface area (Å²) >= 11 is 7.70. The van der Waals surface area contributed by atoms with Crippen LogP contribution in [0.15, 0.2) is 11.4 Å². The number of nitrogens with one attached hydrogen (secondary N) is 1. The first-order valence-corrected chi connectivity index (χ1v) is 7.17. The lowest BCUT2D eigenvalue weighted by atomic mass is 10.2. The highest BCUT2D eigenvalue weighted by atomic mass is 35.5. The Morgan fingerprint density at radius 2 is 2.06 bits per heavy atom. The molecule has 0 bridgehead atoms. The van der Waals surface area contributed by atoms with E-state index in [1.54, 1.807) is 11.3 Å². The molecule has 0 spiro atoms. The van der Waals surface area contributed by atoms with Gasteiger partial charge in [-0.2, -0.15) is 0 Å². The molecule has 2 rings (SSSR count). The molecule has 0 aliphatic carbocycles. The van der Waals surface area contributed by atoms with Gasteiger partial charge in [-0.25, -0.2) is 0 Å². The highest BCUT2D eigenvalue weighted by Crippen LogP contribution is 2.23. The Morgan fingerprint density at radius 1 is 1.28 bits per heavy atom. The van der Waals surface area contributed by atoms with Gasteiger partial charge in [0.25, 0.3) is 0 Å². The van der Waals surface area contributed by atoms with Gasteiger partial charge in [0.1, 0.15) is 0 Å². The molecule has 18 heavy (non-hydrogen) atoms. The zero-order valence-corrected chi connectivity index (χ0v) is 12.3. The van der Waals surface area contributed by atoms with Gasteiger partial charge >= 0.3 is 0 Å². The molecule has 0 unspecified atom stereocenters. The molecule has 0 aliphatic rings. The van der Waals surface area contributed by atoms with E-state index in [4.69, 9.17) is 11.6 Å². The highest BCUT2D eigenvalue weighted by Gasteiger charge is 2.09. The lowest BCUT2D eigenvalue weighted by Crippen LogP contribution is -2.06. The van der Waals surface area contributed by atoms with E-state index in [9.17, 15) is 0 Å². The first kappa shape index (κ1) is 13.3. The summed E-state index contributed by atoms with van der Waals surface area (Å²) < 4.78 is 0. The lowest BCUT2D eigenvalue weighted by molar-refractivity contribution is 0.970. The van der Waals surface area contributed by atoms with E-state index in [-0.39, 0.29) is 0 Å². The number of nitrogens with zero attached hydrogens (tertiary/aromatic N) is 2. The Balaban J connectivity index is 2.14. The molecule has 0 fully saturated rings. The van der Waals surface area contributed by atoms with Crippen LogP contribution >= 0.6 is 22.9 Å². The minimum absolute atomic E-state index is 0.475. The van der Waals surface area contributed by atoms with E-state index >= 15 is 0 Å². The smallest absolute Gasteiger partial charge is 0.155 e. The van der Waals surface area contributed by atoms with Crippen LogP contribution in [0, 0.1) is 13.8 Å². The van der Waals surface area contributed by atoms with Gasteiger partial charge in [0.15, 0.2) is 11.0 Å². The van der Waals surface area contributed by atoms with Crippen LogP contribution in [0.4, 0.5) is 5.82 Å². The predicted octanol–water partition coefficient (Wildman–Crippen LogP) is 3.98. The van der Waals surface area contributed by atoms with Crippen molar-refractivity contribution in [2.75, 3.05) is 5.32 Å². The summed E-state index contributed by atoms with van der Waals surface area (Å²) in [7, 11) is 0. The Kier molecular flexibility index (Phi) is 4.19. The Morgan fingerprint density at radius 3 is 2.78 bits per heavy atom. The second-order valence-electron chi connectivity index (χ2n) is 4.17. The molecule has 2 heterocycles. The van der Waals surface area contributed by atoms with Gasteiger partial charge in [-0.1, -0.05) is 18.5 Å². The van der Waals surface area contributed by atoms with E-state index < -0.39 is 0 Å². The first-order valence-electron chi connectivity index (χ1n) is 5.92. The molecule has 0 radical (unpaired) electrons. The normalized spacial score (nSPS) is 10.7. The third-order valence-corrected chi connectivity index (χ3v) is 4.42. The molecule has 96 valence electrons. The zero-order valence-electron chi connectivity index (χ0n) is 10.7. The monoisotopic (exact) mass is 281 g/mol. The van der Waals surface area contributed by atoms with Crippen LogP contribution in [0.25, 0.3) is 0 Å². The number of hydrogen-bond donors (Lipinski definition) is 1. The van der Waals surface area contributed by atoms with Gasteiger partial charge in [0.2, 0.25) is 0 Å². The van der Waals surface area contributed by atoms with Gasteiger partial charge in [0.05, 0.1) is 6.54 Å². The summed E-state index contributed by atoms with van der Waals surface area (Å²) in [5, 5.41) is 14.0. The lowest BCUT2D eigenvalue weighted by Gasteiger charge is -2.10. The van der Waals surface area contributed by atoms with Gasteiger partial charge in [-0.3, -0.25) is 0 Å². The van der Waals surface area contributed by atoms with E-state index in [2.05, 4.69) is 33.9 Å². The highest BCUT2D eigenvalue weighted by molar-refractivity contribution is 7.10. The average molecular weight is 282 g/mol. The number of aryl methyl sites for hydroxylation is 1. The van der Waals surface area contributed by atoms with Crippen LogP contribution in [0.5, 0.6) is 0 Å². The van der Waals surface area contributed by atoms with Crippen LogP contribution in [-0.4, -0.2) is 10.2 Å². The standard InChI is InChI=1S/C13H16ClN3S/c1-4-10-5-6-18-11(10)7-15-13-9(3)8(2)12(14)16-17-13/h5-6H,4,7H2,1-3H3,(H,15,17). The fourth-order valence-corrected chi connectivity index (χ4v) is 2.84. The summed E-state index contributed by atoms with van der Waals surface area (Å²) in [6.45, 7) is 6.92. The first-order chi connectivity index (χ1) is 8.63. The Hall–Kier alpha value is -1.13. The molecule has 5 heteroatoms. The van der Waals surface area contributed by atoms with Crippen LogP contribution in [0.2, 0.25) is 5.15 Å². The molecule has 0 amide bonds. The van der Waals surface area contributed by atoms with Crippen molar-refractivity contribution >= 4 is 28.8 Å². The van der Waals surface area contributed by atoms with Crippen molar-refractivity contribution in [2.45, 2.75) is 33.7 Å². The van der Waals surface area contributed by atoms with Crippen LogP contribution in [-0.2, 0) is 13.0 Å². The summed E-state index contributed by atoms with van der Waals surface area (Å²) in [4.78, 5) is 1.35. The minimum atomic E-state index is 0.475. The molecular formula is C13H16ClN3S. The van der Waals surface area contributed by atoms with Crippen molar-refractivity contribution in [1.29, 1.82) is 0 Å². The van der Waals surface area contributed by atoms with Crippen molar-refractivity contribution < 1.29 is 0 Å². The van der Waals surface area contributed by atoms with Gasteiger partial charge in [0, 0.05) is 4.88 Å². The van der Waals surface area contributed by atoms with Crippen LogP contribution < -0.4 is 5.32 Å². The number of thiophene rings is 1. The summed E-state index contributed by atoms with van der Waals surface area (Å²) in [6.07, 6.45) is 1.06. The molecular weight excluding hydrogens is 266 g/mol. The zero-order chi connectivity index (χ0) is 13.1. The molecule has 0 atom stereocenters. The maximum Gasteiger partial charge on any atom is 0.155 e. The van der Waals surface area contributed by atoms with Crippen molar-refractivity contribution in [3.63, 3.8) is 0 Å². The van der Waals surface area contributed by atoms with Crippen molar-refractivity contribution in [1.82, 2.24) is 10.2 Å². The number of anilines is 1. The van der Waals surface area contributed by atoms with Gasteiger partial charge < -0.3 is 5.32 Å². The van der Waals surface area contributed by atoms with Crippen molar-refractivity contribution in [3.8, 4) is 0 Å². The molecule has 3 nitrogen and oxygen atoms in total. The third-order valence-electron chi connectivity index (χ3n) is 3.10. The molecule has 2 aromatic heterocycles. The predicted molar refractivity (Wildman–Crippen MR) is 77.5 cm³/mol. The molecule has 0 aliphatic heterocycles. The largest absolute Gasteiger partial charge is 0.363 e. The fraction of sp³-hybridized carbons (Fsp3) is 0.385. The van der Waals surface area contributed by atoms with Crippen LogP contribution in [0.3, 0.4) is 0 Å². The maximum absolute atomic E-state index is 5.93. The summed E-state index contributed by atoms with van der Waals surface area (Å²) in [6, 6.07) is 2.17. The van der Waals surface area contributed by atoms with E-state index in [0.717, 1.165) is 29.9 Å². The Labute approximate surface area is 116 Å². The Bertz CT molecular complexity index is 551. The van der Waals surface area contributed by atoms with Gasteiger partial charge in [-0.15, -0.1) is 21.5 Å². The minimum Gasteiger partial charge on any atom is -0.363 e. The summed E-state index contributed by atoms with van der Waals surface area (Å²) in [5.41, 5.74) is 3.43. The van der Waals surface area contributed by atoms with E-state index in [1.165, 1.54) is 10.4 Å². The molecule has 0 saturated carbocycles. The summed E-state index contributed by atoms with van der Waals surface area (Å²) in [5.74, 6) is 0.812. The number of aromatic nitrogens is 2. The van der Waals surface area contributed by atoms with Crippen molar-refractivity contribution in [3.05, 3.63) is 38.2 Å². The quantitative estimate of drug-likeness (QED) is 0.921. The van der Waals surface area contributed by atoms with E-state index in [1.807, 2.05) is 13.8 Å². The second kappa shape index (κ2) is 5.67. The third kappa shape index (κ3) is 2.65. The average Bonchev–Trinajstić information content (AvgIpc) is 2.82. The number of hydrogen-bond acceptors (Lipinski definition) is 4. The fourth-order valence-electron chi connectivity index (χ4n) is 1.75. The van der Waals surface area contributed by atoms with Crippen LogP contribution in [0.1, 0.15) is 28.5 Å². The SMILES string of the molecule is CCc1ccsc1CNc1nnc(Cl)c(C)c1C. The molecule has 0 saturated heterocycles. The van der Waals surface area contributed by atoms with E-state index in [0.29, 0.717) is 5.15 Å². The van der Waals surface area contributed by atoms with Gasteiger partial charge in [-0.05, 0) is 48.4 Å². The molecule has 0 aromatic carbocycles. The molecule has 1 N–H and O–H groups in total. The number of rotatable bonds is 4.